The Bertz CT molecular complexity index is 1490. The minimum atomic E-state index is -4.32. The predicted molar refractivity (Wildman–Crippen MR) is 165 cm³/mol. The number of rotatable bonds is 13. The van der Waals surface area contributed by atoms with Gasteiger partial charge in [0.25, 0.3) is 0 Å². The zero-order chi connectivity index (χ0) is 31.0. The summed E-state index contributed by atoms with van der Waals surface area (Å²) in [6.45, 7) is 2.87. The van der Waals surface area contributed by atoms with E-state index >= 15 is 0 Å². The highest BCUT2D eigenvalue weighted by molar-refractivity contribution is 7.90. The molecule has 0 aromatic heterocycles. The molecule has 226 valence electrons. The van der Waals surface area contributed by atoms with E-state index in [0.717, 1.165) is 15.9 Å². The smallest absolute Gasteiger partial charge is 0.304 e. The largest absolute Gasteiger partial charge is 0.352 e. The van der Waals surface area contributed by atoms with E-state index in [2.05, 4.69) is 5.32 Å². The number of anilines is 1. The Kier molecular flexibility index (Phi) is 11.8. The van der Waals surface area contributed by atoms with Crippen molar-refractivity contribution in [3.63, 3.8) is 0 Å². The van der Waals surface area contributed by atoms with Crippen LogP contribution in [0.15, 0.2) is 72.8 Å². The number of carbonyl (C=O) groups is 2. The van der Waals surface area contributed by atoms with Gasteiger partial charge in [0.2, 0.25) is 11.8 Å². The lowest BCUT2D eigenvalue weighted by Crippen LogP contribution is -2.55. The molecule has 0 aliphatic carbocycles. The minimum absolute atomic E-state index is 0.132. The molecule has 0 bridgehead atoms. The number of amides is 2. The van der Waals surface area contributed by atoms with Crippen LogP contribution in [0.25, 0.3) is 0 Å². The van der Waals surface area contributed by atoms with Gasteiger partial charge in [-0.05, 0) is 48.7 Å². The first-order valence-corrected chi connectivity index (χ1v) is 15.5. The molecule has 0 unspecified atom stereocenters. The van der Waals surface area contributed by atoms with Crippen LogP contribution in [-0.4, -0.2) is 62.2 Å². The van der Waals surface area contributed by atoms with E-state index in [1.54, 1.807) is 12.1 Å². The number of halogens is 3. The zero-order valence-electron chi connectivity index (χ0n) is 23.9. The highest BCUT2D eigenvalue weighted by Gasteiger charge is 2.36. The molecule has 0 aliphatic rings. The summed E-state index contributed by atoms with van der Waals surface area (Å²) in [6, 6.07) is 18.0. The van der Waals surface area contributed by atoms with Crippen LogP contribution >= 0.6 is 23.2 Å². The van der Waals surface area contributed by atoms with Crippen molar-refractivity contribution in [3.05, 3.63) is 99.8 Å². The first-order chi connectivity index (χ1) is 19.8. The average molecular weight is 638 g/mol. The number of carbonyl (C=O) groups excluding carboxylic acids is 2. The van der Waals surface area contributed by atoms with Crippen LogP contribution in [-0.2, 0) is 32.8 Å². The van der Waals surface area contributed by atoms with Gasteiger partial charge in [-0.15, -0.1) is 0 Å². The molecule has 0 saturated heterocycles. The molecule has 2 amide bonds. The number of nitrogens with one attached hydrogen (secondary N) is 1. The maximum atomic E-state index is 14.9. The van der Waals surface area contributed by atoms with Gasteiger partial charge in [-0.1, -0.05) is 78.7 Å². The van der Waals surface area contributed by atoms with Crippen molar-refractivity contribution in [3.8, 4) is 0 Å². The number of hydrogen-bond acceptors (Lipinski definition) is 4. The van der Waals surface area contributed by atoms with Crippen molar-refractivity contribution in [2.24, 2.45) is 0 Å². The van der Waals surface area contributed by atoms with Gasteiger partial charge in [0.15, 0.2) is 0 Å². The molecule has 3 rings (SSSR count). The first-order valence-electron chi connectivity index (χ1n) is 13.4. The Hall–Kier alpha value is -3.18. The van der Waals surface area contributed by atoms with E-state index in [0.29, 0.717) is 21.3 Å². The number of para-hydroxylation sites is 1. The SMILES string of the molecule is CC[C@@H](C)NC(=O)[C@@H](Cc1ccccc1)N(Cc1ccc(Cl)cc1Cl)C(=O)CN(c1ccccc1F)S(=O)(=O)N(C)C. The standard InChI is InChI=1S/C30H35Cl2FN4O4S/c1-5-21(2)34-30(39)28(17-22-11-7-6-8-12-22)36(19-23-15-16-24(31)18-25(23)32)29(38)20-37(42(40,41)35(3)4)27-14-10-9-13-26(27)33/h6-16,18,21,28H,5,17,19-20H2,1-4H3,(H,34,39)/t21-,28-/m1/s1. The van der Waals surface area contributed by atoms with E-state index in [1.807, 2.05) is 44.2 Å². The predicted octanol–water partition coefficient (Wildman–Crippen LogP) is 5.30. The summed E-state index contributed by atoms with van der Waals surface area (Å²) >= 11 is 12.6. The molecule has 0 aliphatic heterocycles. The second kappa shape index (κ2) is 14.8. The molecular weight excluding hydrogens is 602 g/mol. The Balaban J connectivity index is 2.14. The summed E-state index contributed by atoms with van der Waals surface area (Å²) in [5.41, 5.74) is 0.984. The fourth-order valence-corrected chi connectivity index (χ4v) is 5.72. The number of nitrogens with zero attached hydrogens (tertiary/aromatic N) is 3. The average Bonchev–Trinajstić information content (AvgIpc) is 2.95. The monoisotopic (exact) mass is 636 g/mol. The zero-order valence-corrected chi connectivity index (χ0v) is 26.3. The number of hydrogen-bond donors (Lipinski definition) is 1. The van der Waals surface area contributed by atoms with Crippen molar-refractivity contribution >= 4 is 50.9 Å². The minimum Gasteiger partial charge on any atom is -0.352 e. The molecule has 0 heterocycles. The van der Waals surface area contributed by atoms with Gasteiger partial charge >= 0.3 is 10.2 Å². The van der Waals surface area contributed by atoms with Crippen LogP contribution in [0.3, 0.4) is 0 Å². The van der Waals surface area contributed by atoms with Gasteiger partial charge < -0.3 is 10.2 Å². The topological polar surface area (TPSA) is 90.0 Å². The van der Waals surface area contributed by atoms with Gasteiger partial charge in [-0.2, -0.15) is 12.7 Å². The molecule has 0 radical (unpaired) electrons. The van der Waals surface area contributed by atoms with Crippen LogP contribution in [0.5, 0.6) is 0 Å². The third-order valence-electron chi connectivity index (χ3n) is 6.77. The van der Waals surface area contributed by atoms with Crippen molar-refractivity contribution in [1.29, 1.82) is 0 Å². The summed E-state index contributed by atoms with van der Waals surface area (Å²) < 4.78 is 43.3. The normalized spacial score (nSPS) is 13.0. The Labute approximate surface area is 257 Å². The van der Waals surface area contributed by atoms with E-state index in [1.165, 1.54) is 43.3 Å². The molecule has 42 heavy (non-hydrogen) atoms. The summed E-state index contributed by atoms with van der Waals surface area (Å²) in [5, 5.41) is 3.61. The van der Waals surface area contributed by atoms with E-state index in [4.69, 9.17) is 23.2 Å². The highest BCUT2D eigenvalue weighted by atomic mass is 35.5. The molecule has 3 aromatic carbocycles. The fourth-order valence-electron chi connectivity index (χ4n) is 4.18. The molecule has 1 N–H and O–H groups in total. The lowest BCUT2D eigenvalue weighted by molar-refractivity contribution is -0.140. The van der Waals surface area contributed by atoms with Gasteiger partial charge in [0, 0.05) is 43.1 Å². The van der Waals surface area contributed by atoms with Crippen LogP contribution in [0, 0.1) is 5.82 Å². The van der Waals surface area contributed by atoms with Gasteiger partial charge in [-0.25, -0.2) is 8.70 Å². The lowest BCUT2D eigenvalue weighted by Gasteiger charge is -2.35. The molecule has 3 aromatic rings. The van der Waals surface area contributed by atoms with Crippen LogP contribution in [0.1, 0.15) is 31.4 Å². The summed E-state index contributed by atoms with van der Waals surface area (Å²) in [6.07, 6.45) is 0.795. The van der Waals surface area contributed by atoms with E-state index < -0.39 is 40.4 Å². The molecule has 8 nitrogen and oxygen atoms in total. The highest BCUT2D eigenvalue weighted by Crippen LogP contribution is 2.27. The molecule has 0 spiro atoms. The van der Waals surface area contributed by atoms with Gasteiger partial charge in [-0.3, -0.25) is 9.59 Å². The second-order valence-electron chi connectivity index (χ2n) is 10.0. The quantitative estimate of drug-likeness (QED) is 0.276. The summed E-state index contributed by atoms with van der Waals surface area (Å²) in [4.78, 5) is 29.2. The van der Waals surface area contributed by atoms with E-state index in [9.17, 15) is 22.4 Å². The second-order valence-corrected chi connectivity index (χ2v) is 12.9. The van der Waals surface area contributed by atoms with Gasteiger partial charge in [0.05, 0.1) is 5.69 Å². The Morgan fingerprint density at radius 2 is 1.62 bits per heavy atom. The third kappa shape index (κ3) is 8.44. The Morgan fingerprint density at radius 3 is 2.21 bits per heavy atom. The summed E-state index contributed by atoms with van der Waals surface area (Å²) in [5.74, 6) is -1.96. The van der Waals surface area contributed by atoms with Crippen molar-refractivity contribution in [1.82, 2.24) is 14.5 Å². The Morgan fingerprint density at radius 1 is 0.976 bits per heavy atom. The maximum Gasteiger partial charge on any atom is 0.304 e. The number of benzene rings is 3. The molecule has 0 saturated carbocycles. The first kappa shape index (κ1) is 33.3. The fraction of sp³-hybridized carbons (Fsp3) is 0.333. The van der Waals surface area contributed by atoms with Crippen molar-refractivity contribution in [2.45, 2.75) is 45.3 Å². The molecule has 2 atom stereocenters. The van der Waals surface area contributed by atoms with Crippen molar-refractivity contribution in [2.75, 3.05) is 24.9 Å². The van der Waals surface area contributed by atoms with Crippen LogP contribution in [0.2, 0.25) is 10.0 Å². The van der Waals surface area contributed by atoms with E-state index in [-0.39, 0.29) is 29.7 Å². The lowest BCUT2D eigenvalue weighted by atomic mass is 10.0. The molecular formula is C30H35Cl2FN4O4S. The molecule has 12 heteroatoms. The molecule has 0 fully saturated rings. The summed E-state index contributed by atoms with van der Waals surface area (Å²) in [7, 11) is -1.75. The van der Waals surface area contributed by atoms with Gasteiger partial charge in [0.1, 0.15) is 18.4 Å². The maximum absolute atomic E-state index is 14.9. The third-order valence-corrected chi connectivity index (χ3v) is 9.16. The van der Waals surface area contributed by atoms with Crippen molar-refractivity contribution < 1.29 is 22.4 Å². The van der Waals surface area contributed by atoms with Crippen LogP contribution in [0.4, 0.5) is 10.1 Å². The van der Waals surface area contributed by atoms with Crippen LogP contribution < -0.4 is 9.62 Å².